The maximum atomic E-state index is 9.37. The zero-order valence-corrected chi connectivity index (χ0v) is 17.6. The van der Waals surface area contributed by atoms with Gasteiger partial charge in [-0.25, -0.2) is 19.9 Å². The van der Waals surface area contributed by atoms with Gasteiger partial charge < -0.3 is 5.21 Å². The van der Waals surface area contributed by atoms with E-state index in [1.165, 1.54) is 6.21 Å². The van der Waals surface area contributed by atoms with E-state index < -0.39 is 0 Å². The van der Waals surface area contributed by atoms with Crippen LogP contribution in [-0.4, -0.2) is 40.5 Å². The zero-order valence-electron chi connectivity index (χ0n) is 14.5. The summed E-state index contributed by atoms with van der Waals surface area (Å²) in [5, 5.41) is 21.3. The van der Waals surface area contributed by atoms with Crippen molar-refractivity contribution in [2.24, 2.45) is 5.16 Å². The van der Waals surface area contributed by atoms with E-state index in [1.807, 2.05) is 18.2 Å². The Hall–Kier alpha value is -3.36. The van der Waals surface area contributed by atoms with E-state index in [9.17, 15) is 5.26 Å². The van der Waals surface area contributed by atoms with Crippen molar-refractivity contribution in [3.05, 3.63) is 69.4 Å². The highest BCUT2D eigenvalue weighted by Crippen LogP contribution is 2.25. The van der Waals surface area contributed by atoms with Crippen LogP contribution in [0.25, 0.3) is 23.3 Å². The van der Waals surface area contributed by atoms with Gasteiger partial charge in [-0.1, -0.05) is 5.16 Å². The van der Waals surface area contributed by atoms with E-state index in [2.05, 4.69) is 57.0 Å². The molecule has 4 rings (SSSR count). The van der Waals surface area contributed by atoms with Crippen molar-refractivity contribution < 1.29 is 5.21 Å². The lowest BCUT2D eigenvalue weighted by atomic mass is 10.4. The normalized spacial score (nSPS) is 11.1. The largest absolute Gasteiger partial charge is 0.411 e. The van der Waals surface area contributed by atoms with Gasteiger partial charge in [0, 0.05) is 33.7 Å². The monoisotopic (exact) mass is 512 g/mol. The highest BCUT2D eigenvalue weighted by atomic mass is 79.9. The van der Waals surface area contributed by atoms with Crippen LogP contribution in [0.2, 0.25) is 0 Å². The molecule has 11 heteroatoms. The van der Waals surface area contributed by atoms with Gasteiger partial charge in [0.1, 0.15) is 23.4 Å². The number of pyridine rings is 2. The third-order valence-corrected chi connectivity index (χ3v) is 4.79. The molecule has 0 aliphatic rings. The first kappa shape index (κ1) is 19.0. The fraction of sp³-hybridized carbons (Fsp3) is 0. The van der Waals surface area contributed by atoms with Crippen molar-refractivity contribution in [2.45, 2.75) is 0 Å². The maximum absolute atomic E-state index is 9.37. The molecule has 4 heterocycles. The molecule has 0 amide bonds. The molecule has 0 unspecified atom stereocenters. The van der Waals surface area contributed by atoms with Crippen molar-refractivity contribution in [3.63, 3.8) is 0 Å². The molecule has 29 heavy (non-hydrogen) atoms. The first-order chi connectivity index (χ1) is 14.1. The molecule has 4 aromatic rings. The molecule has 0 spiro atoms. The van der Waals surface area contributed by atoms with E-state index in [1.54, 1.807) is 46.1 Å². The van der Waals surface area contributed by atoms with Crippen LogP contribution in [0, 0.1) is 11.3 Å². The summed E-state index contributed by atoms with van der Waals surface area (Å²) in [6, 6.07) is 9.31. The average molecular weight is 514 g/mol. The molecule has 0 saturated carbocycles. The summed E-state index contributed by atoms with van der Waals surface area (Å²) in [5.74, 6) is 1.93. The van der Waals surface area contributed by atoms with Crippen LogP contribution in [0.4, 0.5) is 0 Å². The van der Waals surface area contributed by atoms with Crippen molar-refractivity contribution in [1.82, 2.24) is 29.1 Å². The Morgan fingerprint density at radius 2 is 1.52 bits per heavy atom. The summed E-state index contributed by atoms with van der Waals surface area (Å²) in [7, 11) is 0. The lowest BCUT2D eigenvalue weighted by molar-refractivity contribution is 0.321. The fourth-order valence-electron chi connectivity index (χ4n) is 2.64. The van der Waals surface area contributed by atoms with Crippen molar-refractivity contribution in [1.29, 1.82) is 5.26 Å². The Kier molecular flexibility index (Phi) is 5.20. The number of rotatable bonds is 4. The second-order valence-electron chi connectivity index (χ2n) is 5.70. The van der Waals surface area contributed by atoms with E-state index >= 15 is 0 Å². The number of hydrogen-bond acceptors (Lipinski definition) is 7. The number of hydrogen-bond donors (Lipinski definition) is 1. The summed E-state index contributed by atoms with van der Waals surface area (Å²) in [5.41, 5.74) is 0.601. The van der Waals surface area contributed by atoms with Gasteiger partial charge in [-0.15, -0.1) is 0 Å². The highest BCUT2D eigenvalue weighted by Gasteiger charge is 2.20. The van der Waals surface area contributed by atoms with Crippen LogP contribution in [0.1, 0.15) is 11.4 Å². The first-order valence-electron chi connectivity index (χ1n) is 8.09. The topological polar surface area (TPSA) is 118 Å². The van der Waals surface area contributed by atoms with Crippen LogP contribution in [0.15, 0.2) is 63.2 Å². The Balaban J connectivity index is 1.95. The molecule has 0 aliphatic heterocycles. The number of aromatic nitrogens is 6. The van der Waals surface area contributed by atoms with Gasteiger partial charge in [0.2, 0.25) is 0 Å². The van der Waals surface area contributed by atoms with Crippen LogP contribution >= 0.6 is 31.9 Å². The smallest absolute Gasteiger partial charge is 0.184 e. The Bertz CT molecular complexity index is 1240. The lowest BCUT2D eigenvalue weighted by Crippen LogP contribution is -2.05. The minimum atomic E-state index is 0.209. The number of nitriles is 1. The molecule has 0 fully saturated rings. The molecule has 0 atom stereocenters. The molecule has 1 N–H and O–H groups in total. The molecule has 4 aromatic heterocycles. The van der Waals surface area contributed by atoms with E-state index in [0.29, 0.717) is 29.0 Å². The van der Waals surface area contributed by atoms with Gasteiger partial charge in [0.15, 0.2) is 17.3 Å². The number of halogens is 2. The highest BCUT2D eigenvalue weighted by molar-refractivity contribution is 9.10. The SMILES string of the molecule is N#Cc1cn(-c2ccc(Br)cn2)c(-c2nc(C=NO)cn2-c2ccc(Br)cn2)n1. The van der Waals surface area contributed by atoms with Crippen LogP contribution in [0.5, 0.6) is 0 Å². The standard InChI is InChI=1S/C18H10Br2N8O/c19-11-1-3-15(22-6-11)27-9-13(5-21)25-17(27)18-26-14(8-24-29)10-28(18)16-4-2-12(20)7-23-16/h1-4,6-10,29H. The Morgan fingerprint density at radius 1 is 0.931 bits per heavy atom. The summed E-state index contributed by atoms with van der Waals surface area (Å²) in [4.78, 5) is 17.7. The van der Waals surface area contributed by atoms with E-state index in [0.717, 1.165) is 8.95 Å². The quantitative estimate of drug-likeness (QED) is 0.252. The average Bonchev–Trinajstić information content (AvgIpc) is 3.33. The van der Waals surface area contributed by atoms with Gasteiger partial charge in [0.25, 0.3) is 0 Å². The Morgan fingerprint density at radius 3 is 2.03 bits per heavy atom. The zero-order chi connectivity index (χ0) is 20.4. The molecule has 0 aromatic carbocycles. The molecule has 142 valence electrons. The predicted molar refractivity (Wildman–Crippen MR) is 111 cm³/mol. The van der Waals surface area contributed by atoms with Gasteiger partial charge in [-0.3, -0.25) is 9.13 Å². The van der Waals surface area contributed by atoms with Crippen molar-refractivity contribution in [3.8, 4) is 29.4 Å². The lowest BCUT2D eigenvalue weighted by Gasteiger charge is -2.09. The summed E-state index contributed by atoms with van der Waals surface area (Å²) in [6.45, 7) is 0. The maximum Gasteiger partial charge on any atom is 0.184 e. The first-order valence-corrected chi connectivity index (χ1v) is 9.68. The Labute approximate surface area is 181 Å². The van der Waals surface area contributed by atoms with E-state index in [4.69, 9.17) is 5.21 Å². The second kappa shape index (κ2) is 7.94. The van der Waals surface area contributed by atoms with Crippen LogP contribution in [0.3, 0.4) is 0 Å². The fourth-order valence-corrected chi connectivity index (χ4v) is 3.11. The number of nitrogens with zero attached hydrogens (tertiary/aromatic N) is 8. The van der Waals surface area contributed by atoms with E-state index in [-0.39, 0.29) is 5.69 Å². The summed E-state index contributed by atoms with van der Waals surface area (Å²) < 4.78 is 5.02. The molecule has 9 nitrogen and oxygen atoms in total. The van der Waals surface area contributed by atoms with Gasteiger partial charge in [0.05, 0.1) is 6.21 Å². The number of imidazole rings is 2. The van der Waals surface area contributed by atoms with Gasteiger partial charge in [-0.2, -0.15) is 5.26 Å². The second-order valence-corrected chi connectivity index (χ2v) is 7.54. The third kappa shape index (κ3) is 3.80. The van der Waals surface area contributed by atoms with Crippen LogP contribution in [-0.2, 0) is 0 Å². The number of oxime groups is 1. The summed E-state index contributed by atoms with van der Waals surface area (Å²) in [6.07, 6.45) is 7.75. The minimum Gasteiger partial charge on any atom is -0.411 e. The van der Waals surface area contributed by atoms with Crippen molar-refractivity contribution in [2.75, 3.05) is 0 Å². The summed E-state index contributed by atoms with van der Waals surface area (Å²) >= 11 is 6.73. The molecule has 0 saturated heterocycles. The van der Waals surface area contributed by atoms with Gasteiger partial charge in [-0.05, 0) is 56.1 Å². The predicted octanol–water partition coefficient (Wildman–Crippen LogP) is 3.72. The molecule has 0 bridgehead atoms. The molecule has 0 aliphatic carbocycles. The molecule has 0 radical (unpaired) electrons. The molecular weight excluding hydrogens is 504 g/mol. The van der Waals surface area contributed by atoms with Crippen molar-refractivity contribution >= 4 is 38.1 Å². The molecular formula is C18H10Br2N8O. The minimum absolute atomic E-state index is 0.209. The van der Waals surface area contributed by atoms with Gasteiger partial charge >= 0.3 is 0 Å². The van der Waals surface area contributed by atoms with Crippen LogP contribution < -0.4 is 0 Å². The third-order valence-electron chi connectivity index (χ3n) is 3.85.